The minimum absolute atomic E-state index is 0.126. The Morgan fingerprint density at radius 2 is 2.17 bits per heavy atom. The van der Waals surface area contributed by atoms with Crippen molar-refractivity contribution in [2.45, 2.75) is 13.8 Å². The van der Waals surface area contributed by atoms with E-state index in [9.17, 15) is 0 Å². The maximum absolute atomic E-state index is 7.27. The number of nitrogens with two attached hydrogens (primary N) is 1. The van der Waals surface area contributed by atoms with Crippen molar-refractivity contribution in [3.8, 4) is 0 Å². The standard InChI is InChI=1S/C8H19N3O/c1-7(2)6-11(8(9)10)4-5-12-3/h7H,4-6H2,1-3H3,(H3,9,10). The first-order chi connectivity index (χ1) is 5.57. The molecule has 0 aliphatic rings. The van der Waals surface area contributed by atoms with Crippen LogP contribution in [0, 0.1) is 11.3 Å². The van der Waals surface area contributed by atoms with Gasteiger partial charge in [-0.2, -0.15) is 0 Å². The minimum atomic E-state index is 0.126. The first-order valence-corrected chi connectivity index (χ1v) is 4.15. The van der Waals surface area contributed by atoms with Crippen LogP contribution in [0.25, 0.3) is 0 Å². The zero-order chi connectivity index (χ0) is 9.56. The molecule has 0 saturated heterocycles. The van der Waals surface area contributed by atoms with Crippen molar-refractivity contribution in [2.75, 3.05) is 26.8 Å². The van der Waals surface area contributed by atoms with Gasteiger partial charge < -0.3 is 15.4 Å². The summed E-state index contributed by atoms with van der Waals surface area (Å²) in [7, 11) is 1.65. The number of guanidine groups is 1. The van der Waals surface area contributed by atoms with Gasteiger partial charge in [0.1, 0.15) is 0 Å². The number of ether oxygens (including phenoxy) is 1. The van der Waals surface area contributed by atoms with Crippen molar-refractivity contribution in [3.05, 3.63) is 0 Å². The van der Waals surface area contributed by atoms with Crippen LogP contribution in [0.5, 0.6) is 0 Å². The van der Waals surface area contributed by atoms with Crippen LogP contribution >= 0.6 is 0 Å². The van der Waals surface area contributed by atoms with Crippen LogP contribution in [0.3, 0.4) is 0 Å². The molecule has 0 aromatic carbocycles. The summed E-state index contributed by atoms with van der Waals surface area (Å²) >= 11 is 0. The van der Waals surface area contributed by atoms with Crippen molar-refractivity contribution in [1.29, 1.82) is 5.41 Å². The predicted molar refractivity (Wildman–Crippen MR) is 50.2 cm³/mol. The van der Waals surface area contributed by atoms with E-state index in [1.807, 2.05) is 4.90 Å². The Kier molecular flexibility index (Phi) is 5.45. The smallest absolute Gasteiger partial charge is 0.188 e. The molecule has 0 unspecified atom stereocenters. The highest BCUT2D eigenvalue weighted by Crippen LogP contribution is 1.97. The van der Waals surface area contributed by atoms with Gasteiger partial charge in [-0.25, -0.2) is 0 Å². The number of nitrogens with zero attached hydrogens (tertiary/aromatic N) is 1. The van der Waals surface area contributed by atoms with Gasteiger partial charge in [0.15, 0.2) is 5.96 Å². The summed E-state index contributed by atoms with van der Waals surface area (Å²) in [6.07, 6.45) is 0. The highest BCUT2D eigenvalue weighted by molar-refractivity contribution is 5.74. The molecule has 4 nitrogen and oxygen atoms in total. The monoisotopic (exact) mass is 173 g/mol. The lowest BCUT2D eigenvalue weighted by molar-refractivity contribution is 0.171. The van der Waals surface area contributed by atoms with Crippen LogP contribution in [0.1, 0.15) is 13.8 Å². The van der Waals surface area contributed by atoms with Crippen molar-refractivity contribution in [2.24, 2.45) is 11.7 Å². The maximum atomic E-state index is 7.27. The van der Waals surface area contributed by atoms with E-state index in [0.29, 0.717) is 19.1 Å². The molecule has 0 rings (SSSR count). The SMILES string of the molecule is COCCN(CC(C)C)C(=N)N. The zero-order valence-corrected chi connectivity index (χ0v) is 8.13. The van der Waals surface area contributed by atoms with Gasteiger partial charge in [-0.1, -0.05) is 13.8 Å². The normalized spacial score (nSPS) is 10.3. The molecule has 0 bridgehead atoms. The second-order valence-corrected chi connectivity index (χ2v) is 3.22. The van der Waals surface area contributed by atoms with Gasteiger partial charge in [-0.05, 0) is 5.92 Å². The Morgan fingerprint density at radius 1 is 1.58 bits per heavy atom. The molecule has 0 radical (unpaired) electrons. The molecule has 0 spiro atoms. The third-order valence-corrected chi connectivity index (χ3v) is 1.49. The van der Waals surface area contributed by atoms with E-state index < -0.39 is 0 Å². The summed E-state index contributed by atoms with van der Waals surface area (Å²) in [4.78, 5) is 1.81. The lowest BCUT2D eigenvalue weighted by atomic mass is 10.2. The molecule has 3 N–H and O–H groups in total. The summed E-state index contributed by atoms with van der Waals surface area (Å²) in [5.41, 5.74) is 5.38. The first kappa shape index (κ1) is 11.2. The number of rotatable bonds is 5. The van der Waals surface area contributed by atoms with Crippen LogP contribution < -0.4 is 5.73 Å². The highest BCUT2D eigenvalue weighted by Gasteiger charge is 2.07. The lowest BCUT2D eigenvalue weighted by Crippen LogP contribution is -2.40. The third kappa shape index (κ3) is 4.96. The van der Waals surface area contributed by atoms with Gasteiger partial charge in [-0.3, -0.25) is 5.41 Å². The number of nitrogens with one attached hydrogen (secondary N) is 1. The van der Waals surface area contributed by atoms with E-state index >= 15 is 0 Å². The summed E-state index contributed by atoms with van der Waals surface area (Å²) in [5.74, 6) is 0.645. The summed E-state index contributed by atoms with van der Waals surface area (Å²) in [6, 6.07) is 0. The van der Waals surface area contributed by atoms with E-state index in [2.05, 4.69) is 13.8 Å². The Balaban J connectivity index is 3.78. The second-order valence-electron chi connectivity index (χ2n) is 3.22. The number of hydrogen-bond acceptors (Lipinski definition) is 2. The fourth-order valence-corrected chi connectivity index (χ4v) is 0.952. The summed E-state index contributed by atoms with van der Waals surface area (Å²) in [5, 5.41) is 7.27. The van der Waals surface area contributed by atoms with E-state index in [1.54, 1.807) is 7.11 Å². The first-order valence-electron chi connectivity index (χ1n) is 4.15. The van der Waals surface area contributed by atoms with Crippen LogP contribution in [0.2, 0.25) is 0 Å². The molecule has 0 amide bonds. The number of methoxy groups -OCH3 is 1. The fraction of sp³-hybridized carbons (Fsp3) is 0.875. The third-order valence-electron chi connectivity index (χ3n) is 1.49. The van der Waals surface area contributed by atoms with Gasteiger partial charge in [0.2, 0.25) is 0 Å². The van der Waals surface area contributed by atoms with Gasteiger partial charge in [0, 0.05) is 20.2 Å². The molecule has 4 heteroatoms. The van der Waals surface area contributed by atoms with Gasteiger partial charge in [-0.15, -0.1) is 0 Å². The highest BCUT2D eigenvalue weighted by atomic mass is 16.5. The quantitative estimate of drug-likeness (QED) is 0.469. The van der Waals surface area contributed by atoms with Crippen LogP contribution in [-0.4, -0.2) is 37.7 Å². The van der Waals surface area contributed by atoms with E-state index in [0.717, 1.165) is 6.54 Å². The van der Waals surface area contributed by atoms with Crippen molar-refractivity contribution in [3.63, 3.8) is 0 Å². The molecule has 0 atom stereocenters. The van der Waals surface area contributed by atoms with Crippen LogP contribution in [-0.2, 0) is 4.74 Å². The molecular formula is C8H19N3O. The second kappa shape index (κ2) is 5.83. The molecule has 0 heterocycles. The van der Waals surface area contributed by atoms with Gasteiger partial charge >= 0.3 is 0 Å². The predicted octanol–water partition coefficient (Wildman–Crippen LogP) is 0.484. The van der Waals surface area contributed by atoms with Crippen molar-refractivity contribution >= 4 is 5.96 Å². The Bertz CT molecular complexity index is 136. The van der Waals surface area contributed by atoms with Crippen molar-refractivity contribution in [1.82, 2.24) is 4.90 Å². The lowest BCUT2D eigenvalue weighted by Gasteiger charge is -2.23. The van der Waals surface area contributed by atoms with Gasteiger partial charge in [0.05, 0.1) is 6.61 Å². The van der Waals surface area contributed by atoms with E-state index in [-0.39, 0.29) is 5.96 Å². The molecule has 12 heavy (non-hydrogen) atoms. The Hall–Kier alpha value is -0.770. The zero-order valence-electron chi connectivity index (χ0n) is 8.13. The Labute approximate surface area is 74.2 Å². The molecule has 0 aromatic rings. The molecule has 0 aromatic heterocycles. The fourth-order valence-electron chi connectivity index (χ4n) is 0.952. The van der Waals surface area contributed by atoms with Crippen LogP contribution in [0.15, 0.2) is 0 Å². The molecule has 0 fully saturated rings. The molecule has 0 aliphatic carbocycles. The minimum Gasteiger partial charge on any atom is -0.383 e. The summed E-state index contributed by atoms with van der Waals surface area (Å²) < 4.78 is 4.91. The molecule has 0 aliphatic heterocycles. The Morgan fingerprint density at radius 3 is 2.50 bits per heavy atom. The summed E-state index contributed by atoms with van der Waals surface area (Å²) in [6.45, 7) is 6.33. The van der Waals surface area contributed by atoms with Crippen molar-refractivity contribution < 1.29 is 4.74 Å². The molecular weight excluding hydrogens is 154 g/mol. The van der Waals surface area contributed by atoms with E-state index in [1.165, 1.54) is 0 Å². The van der Waals surface area contributed by atoms with Gasteiger partial charge in [0.25, 0.3) is 0 Å². The van der Waals surface area contributed by atoms with E-state index in [4.69, 9.17) is 15.9 Å². The molecule has 0 saturated carbocycles. The van der Waals surface area contributed by atoms with Crippen LogP contribution in [0.4, 0.5) is 0 Å². The largest absolute Gasteiger partial charge is 0.383 e. The average Bonchev–Trinajstić information content (AvgIpc) is 1.96. The molecule has 72 valence electrons. The topological polar surface area (TPSA) is 62.3 Å². The number of hydrogen-bond donors (Lipinski definition) is 2. The maximum Gasteiger partial charge on any atom is 0.188 e. The average molecular weight is 173 g/mol.